The first-order valence-electron chi connectivity index (χ1n) is 6.56. The zero-order valence-electron chi connectivity index (χ0n) is 12.0. The number of thiazole rings is 1. The van der Waals surface area contributed by atoms with Gasteiger partial charge in [0.1, 0.15) is 11.6 Å². The first kappa shape index (κ1) is 17.4. The fourth-order valence-electron chi connectivity index (χ4n) is 1.61. The molecule has 0 aliphatic heterocycles. The van der Waals surface area contributed by atoms with E-state index in [2.05, 4.69) is 31.4 Å². The molecule has 23 heavy (non-hydrogen) atoms. The molecule has 0 atom stereocenters. The van der Waals surface area contributed by atoms with Crippen LogP contribution in [0, 0.1) is 5.82 Å². The quantitative estimate of drug-likeness (QED) is 0.440. The number of phenolic OH excluding ortho intramolecular Hbond substituents is 1. The lowest BCUT2D eigenvalue weighted by molar-refractivity contribution is -0.142. The van der Waals surface area contributed by atoms with Crippen molar-refractivity contribution in [3.63, 3.8) is 0 Å². The standard InChI is InChI=1S/C14H13BrFN3O3S/c1-2-22-13(21)4-9-7-23-14(18-9)19-17-6-8-3-11(16)10(15)5-12(8)20/h3,5-7,20H,2,4H2,1H3,(H,18,19). The van der Waals surface area contributed by atoms with Gasteiger partial charge in [0.05, 0.1) is 29.4 Å². The third-order valence-electron chi connectivity index (χ3n) is 2.62. The number of ether oxygens (including phenoxy) is 1. The van der Waals surface area contributed by atoms with Gasteiger partial charge in [0, 0.05) is 10.9 Å². The van der Waals surface area contributed by atoms with Crippen molar-refractivity contribution < 1.29 is 19.0 Å². The van der Waals surface area contributed by atoms with E-state index in [0.29, 0.717) is 17.4 Å². The summed E-state index contributed by atoms with van der Waals surface area (Å²) in [4.78, 5) is 15.5. The van der Waals surface area contributed by atoms with Crippen molar-refractivity contribution in [2.24, 2.45) is 5.10 Å². The minimum atomic E-state index is -0.504. The Labute approximate surface area is 144 Å². The molecular weight excluding hydrogens is 389 g/mol. The number of phenols is 1. The van der Waals surface area contributed by atoms with Gasteiger partial charge in [-0.25, -0.2) is 9.37 Å². The van der Waals surface area contributed by atoms with Crippen LogP contribution in [-0.4, -0.2) is 28.9 Å². The molecule has 0 saturated heterocycles. The van der Waals surface area contributed by atoms with Gasteiger partial charge in [-0.2, -0.15) is 5.10 Å². The molecule has 1 aromatic heterocycles. The summed E-state index contributed by atoms with van der Waals surface area (Å²) in [6.07, 6.45) is 1.37. The average Bonchev–Trinajstić information content (AvgIpc) is 2.92. The van der Waals surface area contributed by atoms with Crippen LogP contribution in [0.4, 0.5) is 9.52 Å². The number of hydrazone groups is 1. The Morgan fingerprint density at radius 2 is 2.39 bits per heavy atom. The second kappa shape index (κ2) is 8.02. The fourth-order valence-corrected chi connectivity index (χ4v) is 2.60. The summed E-state index contributed by atoms with van der Waals surface area (Å²) in [5.41, 5.74) is 3.46. The number of halogens is 2. The lowest BCUT2D eigenvalue weighted by Crippen LogP contribution is -2.07. The molecule has 2 rings (SSSR count). The minimum Gasteiger partial charge on any atom is -0.507 e. The molecule has 1 heterocycles. The fraction of sp³-hybridized carbons (Fsp3) is 0.214. The molecule has 0 aliphatic rings. The van der Waals surface area contributed by atoms with Crippen LogP contribution in [-0.2, 0) is 16.0 Å². The third-order valence-corrected chi connectivity index (χ3v) is 4.02. The smallest absolute Gasteiger partial charge is 0.311 e. The zero-order chi connectivity index (χ0) is 16.8. The van der Waals surface area contributed by atoms with Crippen LogP contribution in [0.2, 0.25) is 0 Å². The predicted octanol–water partition coefficient (Wildman–Crippen LogP) is 3.30. The van der Waals surface area contributed by atoms with E-state index in [1.165, 1.54) is 23.6 Å². The second-order valence-electron chi connectivity index (χ2n) is 4.32. The van der Waals surface area contributed by atoms with Crippen molar-refractivity contribution in [2.45, 2.75) is 13.3 Å². The Morgan fingerprint density at radius 1 is 1.61 bits per heavy atom. The lowest BCUT2D eigenvalue weighted by Gasteiger charge is -2.01. The molecule has 6 nitrogen and oxygen atoms in total. The molecule has 2 aromatic rings. The van der Waals surface area contributed by atoms with Crippen LogP contribution < -0.4 is 5.43 Å². The van der Waals surface area contributed by atoms with Gasteiger partial charge >= 0.3 is 5.97 Å². The minimum absolute atomic E-state index is 0.0917. The first-order valence-corrected chi connectivity index (χ1v) is 8.24. The summed E-state index contributed by atoms with van der Waals surface area (Å²) in [6, 6.07) is 2.40. The van der Waals surface area contributed by atoms with Gasteiger partial charge in [0.25, 0.3) is 0 Å². The number of esters is 1. The number of carbonyl (C=O) groups excluding carboxylic acids is 1. The summed E-state index contributed by atoms with van der Waals surface area (Å²) in [6.45, 7) is 2.06. The van der Waals surface area contributed by atoms with E-state index in [1.54, 1.807) is 12.3 Å². The summed E-state index contributed by atoms with van der Waals surface area (Å²) in [7, 11) is 0. The van der Waals surface area contributed by atoms with Crippen molar-refractivity contribution in [3.05, 3.63) is 39.1 Å². The zero-order valence-corrected chi connectivity index (χ0v) is 14.4. The van der Waals surface area contributed by atoms with Crippen molar-refractivity contribution in [2.75, 3.05) is 12.0 Å². The molecule has 0 unspecified atom stereocenters. The van der Waals surface area contributed by atoms with Crippen molar-refractivity contribution in [1.29, 1.82) is 0 Å². The molecule has 122 valence electrons. The highest BCUT2D eigenvalue weighted by atomic mass is 79.9. The SMILES string of the molecule is CCOC(=O)Cc1csc(NN=Cc2cc(F)c(Br)cc2O)n1. The van der Waals surface area contributed by atoms with E-state index >= 15 is 0 Å². The van der Waals surface area contributed by atoms with Gasteiger partial charge in [-0.05, 0) is 35.0 Å². The Bertz CT molecular complexity index is 736. The Morgan fingerprint density at radius 3 is 3.13 bits per heavy atom. The van der Waals surface area contributed by atoms with Gasteiger partial charge < -0.3 is 9.84 Å². The molecule has 0 aliphatic carbocycles. The van der Waals surface area contributed by atoms with Gasteiger partial charge in [-0.1, -0.05) is 0 Å². The highest BCUT2D eigenvalue weighted by molar-refractivity contribution is 9.10. The molecule has 0 bridgehead atoms. The first-order chi connectivity index (χ1) is 11.0. The Balaban J connectivity index is 1.97. The summed E-state index contributed by atoms with van der Waals surface area (Å²) in [5.74, 6) is -0.954. The average molecular weight is 402 g/mol. The summed E-state index contributed by atoms with van der Waals surface area (Å²) >= 11 is 4.24. The maximum Gasteiger partial charge on any atom is 0.311 e. The van der Waals surface area contributed by atoms with Crippen LogP contribution in [0.1, 0.15) is 18.2 Å². The molecule has 1 aromatic carbocycles. The van der Waals surface area contributed by atoms with Gasteiger partial charge in [-0.3, -0.25) is 10.2 Å². The summed E-state index contributed by atoms with van der Waals surface area (Å²) in [5, 5.41) is 15.8. The number of rotatable bonds is 6. The van der Waals surface area contributed by atoms with Gasteiger partial charge in [0.2, 0.25) is 5.13 Å². The molecule has 0 saturated carbocycles. The number of aromatic nitrogens is 1. The van der Waals surface area contributed by atoms with E-state index in [9.17, 15) is 14.3 Å². The van der Waals surface area contributed by atoms with E-state index in [4.69, 9.17) is 4.74 Å². The van der Waals surface area contributed by atoms with Gasteiger partial charge in [0.15, 0.2) is 0 Å². The van der Waals surface area contributed by atoms with Crippen LogP contribution in [0.25, 0.3) is 0 Å². The van der Waals surface area contributed by atoms with Gasteiger partial charge in [-0.15, -0.1) is 11.3 Å². The van der Waals surface area contributed by atoms with E-state index in [0.717, 1.165) is 6.07 Å². The van der Waals surface area contributed by atoms with E-state index in [-0.39, 0.29) is 28.2 Å². The molecule has 0 radical (unpaired) electrons. The normalized spacial score (nSPS) is 10.9. The maximum absolute atomic E-state index is 13.4. The van der Waals surface area contributed by atoms with E-state index < -0.39 is 5.82 Å². The number of anilines is 1. The number of nitrogens with zero attached hydrogens (tertiary/aromatic N) is 2. The highest BCUT2D eigenvalue weighted by Gasteiger charge is 2.08. The number of aromatic hydroxyl groups is 1. The largest absolute Gasteiger partial charge is 0.507 e. The monoisotopic (exact) mass is 401 g/mol. The molecule has 9 heteroatoms. The van der Waals surface area contributed by atoms with E-state index in [1.807, 2.05) is 0 Å². The Hall–Kier alpha value is -2.00. The van der Waals surface area contributed by atoms with Crippen molar-refractivity contribution >= 4 is 44.6 Å². The number of carbonyl (C=O) groups is 1. The number of hydrogen-bond donors (Lipinski definition) is 2. The number of hydrogen-bond acceptors (Lipinski definition) is 7. The second-order valence-corrected chi connectivity index (χ2v) is 6.03. The molecule has 2 N–H and O–H groups in total. The third kappa shape index (κ3) is 5.00. The van der Waals surface area contributed by atoms with Crippen molar-refractivity contribution in [1.82, 2.24) is 4.98 Å². The van der Waals surface area contributed by atoms with Crippen molar-refractivity contribution in [3.8, 4) is 5.75 Å². The van der Waals surface area contributed by atoms with Crippen LogP contribution in [0.5, 0.6) is 5.75 Å². The predicted molar refractivity (Wildman–Crippen MR) is 89.4 cm³/mol. The van der Waals surface area contributed by atoms with Crippen LogP contribution in [0.3, 0.4) is 0 Å². The molecule has 0 amide bonds. The molecule has 0 fully saturated rings. The number of benzene rings is 1. The molecule has 0 spiro atoms. The summed E-state index contributed by atoms with van der Waals surface area (Å²) < 4.78 is 18.4. The van der Waals surface area contributed by atoms with Crippen LogP contribution in [0.15, 0.2) is 27.1 Å². The maximum atomic E-state index is 13.4. The number of nitrogens with one attached hydrogen (secondary N) is 1. The molecular formula is C14H13BrFN3O3S. The lowest BCUT2D eigenvalue weighted by atomic mass is 10.2. The van der Waals surface area contributed by atoms with Crippen LogP contribution >= 0.6 is 27.3 Å². The topological polar surface area (TPSA) is 83.8 Å². The highest BCUT2D eigenvalue weighted by Crippen LogP contribution is 2.24. The Kier molecular flexibility index (Phi) is 6.05.